The first-order chi connectivity index (χ1) is 13.1. The number of benzene rings is 1. The van der Waals surface area contributed by atoms with Crippen molar-refractivity contribution >= 4 is 20.9 Å². The molecule has 1 saturated carbocycles. The summed E-state index contributed by atoms with van der Waals surface area (Å²) >= 11 is 0. The van der Waals surface area contributed by atoms with Gasteiger partial charge in [0.1, 0.15) is 10.7 Å². The molecule has 27 heavy (non-hydrogen) atoms. The third kappa shape index (κ3) is 3.12. The summed E-state index contributed by atoms with van der Waals surface area (Å²) in [6.45, 7) is 1.03. The highest BCUT2D eigenvalue weighted by molar-refractivity contribution is 7.89. The minimum Gasteiger partial charge on any atom is -0.263 e. The van der Waals surface area contributed by atoms with Crippen LogP contribution in [0.1, 0.15) is 36.8 Å². The molecule has 0 bridgehead atoms. The van der Waals surface area contributed by atoms with Crippen LogP contribution in [-0.4, -0.2) is 46.0 Å². The molecule has 2 fully saturated rings. The lowest BCUT2D eigenvalue weighted by molar-refractivity contribution is 0.454. The largest absolute Gasteiger partial charge is 0.263 e. The zero-order chi connectivity index (χ0) is 18.4. The van der Waals surface area contributed by atoms with Crippen LogP contribution in [-0.2, 0) is 16.4 Å². The van der Waals surface area contributed by atoms with E-state index in [2.05, 4.69) is 20.2 Å². The van der Waals surface area contributed by atoms with E-state index in [-0.39, 0.29) is 10.8 Å². The Labute approximate surface area is 157 Å². The van der Waals surface area contributed by atoms with Crippen LogP contribution in [0.15, 0.2) is 41.4 Å². The van der Waals surface area contributed by atoms with Gasteiger partial charge in [0, 0.05) is 37.0 Å². The topological polar surface area (TPSA) is 91.8 Å². The number of nitrogens with one attached hydrogen (secondary N) is 1. The van der Waals surface area contributed by atoms with E-state index in [1.54, 1.807) is 22.6 Å². The number of hydrogen-bond donors (Lipinski definition) is 1. The number of para-hydroxylation sites is 1. The SMILES string of the molecule is O=S(=O)(c1cccc2cccnc12)N1CCC(Cc2nc(C3CC3)n[nH]2)C1. The van der Waals surface area contributed by atoms with E-state index in [0.717, 1.165) is 29.9 Å². The summed E-state index contributed by atoms with van der Waals surface area (Å²) in [6, 6.07) is 9.01. The maximum atomic E-state index is 13.2. The monoisotopic (exact) mass is 383 g/mol. The van der Waals surface area contributed by atoms with Crippen molar-refractivity contribution in [3.63, 3.8) is 0 Å². The summed E-state index contributed by atoms with van der Waals surface area (Å²) in [5.74, 6) is 2.55. The lowest BCUT2D eigenvalue weighted by Crippen LogP contribution is -2.29. The number of nitrogens with zero attached hydrogens (tertiary/aromatic N) is 4. The predicted octanol–water partition coefficient (Wildman–Crippen LogP) is 2.48. The fourth-order valence-corrected chi connectivity index (χ4v) is 5.50. The smallest absolute Gasteiger partial charge is 0.245 e. The number of aromatic nitrogens is 4. The molecular formula is C19H21N5O2S. The van der Waals surface area contributed by atoms with E-state index >= 15 is 0 Å². The van der Waals surface area contributed by atoms with Crippen LogP contribution in [0, 0.1) is 5.92 Å². The van der Waals surface area contributed by atoms with Crippen molar-refractivity contribution in [2.75, 3.05) is 13.1 Å². The Morgan fingerprint density at radius 2 is 2.00 bits per heavy atom. The number of fused-ring (bicyclic) bond motifs is 1. The lowest BCUT2D eigenvalue weighted by Gasteiger charge is -2.17. The van der Waals surface area contributed by atoms with Crippen molar-refractivity contribution in [3.8, 4) is 0 Å². The van der Waals surface area contributed by atoms with Crippen LogP contribution in [0.3, 0.4) is 0 Å². The molecule has 140 valence electrons. The van der Waals surface area contributed by atoms with E-state index < -0.39 is 10.0 Å². The minimum atomic E-state index is -3.56. The zero-order valence-electron chi connectivity index (χ0n) is 14.9. The molecule has 2 aliphatic rings. The van der Waals surface area contributed by atoms with Crippen molar-refractivity contribution in [2.45, 2.75) is 36.5 Å². The van der Waals surface area contributed by atoms with E-state index in [4.69, 9.17) is 0 Å². The van der Waals surface area contributed by atoms with Crippen molar-refractivity contribution in [1.29, 1.82) is 0 Å². The average Bonchev–Trinajstić information content (AvgIpc) is 3.24. The minimum absolute atomic E-state index is 0.253. The van der Waals surface area contributed by atoms with Gasteiger partial charge in [0.2, 0.25) is 10.0 Å². The molecule has 1 atom stereocenters. The average molecular weight is 383 g/mol. The van der Waals surface area contributed by atoms with E-state index in [1.165, 1.54) is 12.8 Å². The summed E-state index contributed by atoms with van der Waals surface area (Å²) in [6.07, 6.45) is 5.55. The van der Waals surface area contributed by atoms with Gasteiger partial charge in [-0.2, -0.15) is 9.40 Å². The van der Waals surface area contributed by atoms with Crippen LogP contribution >= 0.6 is 0 Å². The Kier molecular flexibility index (Phi) is 3.98. The molecule has 1 saturated heterocycles. The molecule has 3 aromatic rings. The quantitative estimate of drug-likeness (QED) is 0.731. The van der Waals surface area contributed by atoms with Crippen molar-refractivity contribution in [1.82, 2.24) is 24.5 Å². The number of pyridine rings is 1. The lowest BCUT2D eigenvalue weighted by atomic mass is 10.1. The predicted molar refractivity (Wildman–Crippen MR) is 101 cm³/mol. The Morgan fingerprint density at radius 1 is 1.15 bits per heavy atom. The molecule has 1 N–H and O–H groups in total. The molecule has 0 spiro atoms. The van der Waals surface area contributed by atoms with Gasteiger partial charge in [0.05, 0.1) is 5.52 Å². The Hall–Kier alpha value is -2.32. The van der Waals surface area contributed by atoms with Crippen molar-refractivity contribution < 1.29 is 8.42 Å². The molecule has 2 aromatic heterocycles. The molecule has 8 heteroatoms. The van der Waals surface area contributed by atoms with Crippen molar-refractivity contribution in [2.24, 2.45) is 5.92 Å². The Morgan fingerprint density at radius 3 is 2.85 bits per heavy atom. The summed E-state index contributed by atoms with van der Waals surface area (Å²) < 4.78 is 28.0. The van der Waals surface area contributed by atoms with E-state index in [0.29, 0.717) is 24.5 Å². The molecule has 3 heterocycles. The molecular weight excluding hydrogens is 362 g/mol. The van der Waals surface area contributed by atoms with Gasteiger partial charge in [-0.05, 0) is 37.3 Å². The number of rotatable bonds is 5. The van der Waals surface area contributed by atoms with E-state index in [1.807, 2.05) is 18.2 Å². The Balaban J connectivity index is 1.35. The number of H-pyrrole nitrogens is 1. The molecule has 1 aliphatic carbocycles. The molecule has 1 aromatic carbocycles. The zero-order valence-corrected chi connectivity index (χ0v) is 15.7. The van der Waals surface area contributed by atoms with Crippen molar-refractivity contribution in [3.05, 3.63) is 48.2 Å². The summed E-state index contributed by atoms with van der Waals surface area (Å²) in [5, 5.41) is 8.15. The van der Waals surface area contributed by atoms with Gasteiger partial charge in [-0.25, -0.2) is 13.4 Å². The Bertz CT molecular complexity index is 1080. The fraction of sp³-hybridized carbons (Fsp3) is 0.421. The van der Waals surface area contributed by atoms with Crippen LogP contribution in [0.25, 0.3) is 10.9 Å². The van der Waals surface area contributed by atoms with Crippen LogP contribution in [0.5, 0.6) is 0 Å². The molecule has 0 amide bonds. The highest BCUT2D eigenvalue weighted by Gasteiger charge is 2.34. The molecule has 5 rings (SSSR count). The standard InChI is InChI=1S/C19H21N5O2S/c25-27(26,16-5-1-3-14-4-2-9-20-18(14)16)24-10-8-13(12-24)11-17-21-19(23-22-17)15-6-7-15/h1-5,9,13,15H,6-8,10-12H2,(H,21,22,23). The summed E-state index contributed by atoms with van der Waals surface area (Å²) in [7, 11) is -3.56. The first-order valence-corrected chi connectivity index (χ1v) is 10.8. The number of hydrogen-bond acceptors (Lipinski definition) is 5. The first kappa shape index (κ1) is 16.8. The number of sulfonamides is 1. The van der Waals surface area contributed by atoms with Gasteiger partial charge in [-0.3, -0.25) is 10.1 Å². The van der Waals surface area contributed by atoms with Gasteiger partial charge in [-0.1, -0.05) is 18.2 Å². The summed E-state index contributed by atoms with van der Waals surface area (Å²) in [4.78, 5) is 9.17. The third-order valence-electron chi connectivity index (χ3n) is 5.44. The second-order valence-corrected chi connectivity index (χ2v) is 9.37. The van der Waals surface area contributed by atoms with Gasteiger partial charge in [0.25, 0.3) is 0 Å². The fourth-order valence-electron chi connectivity index (χ4n) is 3.80. The number of aromatic amines is 1. The van der Waals surface area contributed by atoms with Gasteiger partial charge in [-0.15, -0.1) is 0 Å². The highest BCUT2D eigenvalue weighted by atomic mass is 32.2. The maximum Gasteiger partial charge on any atom is 0.245 e. The van der Waals surface area contributed by atoms with Gasteiger partial charge >= 0.3 is 0 Å². The van der Waals surface area contributed by atoms with Gasteiger partial charge in [0.15, 0.2) is 5.82 Å². The molecule has 7 nitrogen and oxygen atoms in total. The third-order valence-corrected chi connectivity index (χ3v) is 7.33. The van der Waals surface area contributed by atoms with E-state index in [9.17, 15) is 8.42 Å². The van der Waals surface area contributed by atoms with Crippen LogP contribution in [0.2, 0.25) is 0 Å². The maximum absolute atomic E-state index is 13.2. The molecule has 1 unspecified atom stereocenters. The molecule has 0 radical (unpaired) electrons. The first-order valence-electron chi connectivity index (χ1n) is 9.36. The van der Waals surface area contributed by atoms with Gasteiger partial charge < -0.3 is 0 Å². The second kappa shape index (κ2) is 6.38. The van der Waals surface area contributed by atoms with Crippen LogP contribution in [0.4, 0.5) is 0 Å². The second-order valence-electron chi connectivity index (χ2n) is 7.47. The van der Waals surface area contributed by atoms with Crippen LogP contribution < -0.4 is 0 Å². The summed E-state index contributed by atoms with van der Waals surface area (Å²) in [5.41, 5.74) is 0.535. The molecule has 1 aliphatic heterocycles. The normalized spacial score (nSPS) is 21.1. The highest BCUT2D eigenvalue weighted by Crippen LogP contribution is 2.38.